The molecule has 0 saturated carbocycles. The Morgan fingerprint density at radius 2 is 1.91 bits per heavy atom. The molecule has 4 nitrogen and oxygen atoms in total. The maximum atomic E-state index is 11.8. The number of amides is 1. The Balaban J connectivity index is 1.88. The summed E-state index contributed by atoms with van der Waals surface area (Å²) in [4.78, 5) is 11.8. The second kappa shape index (κ2) is 7.82. The summed E-state index contributed by atoms with van der Waals surface area (Å²) in [5, 5.41) is 4.81. The van der Waals surface area contributed by atoms with Gasteiger partial charge in [0.25, 0.3) is 0 Å². The Kier molecular flexibility index (Phi) is 5.81. The van der Waals surface area contributed by atoms with Crippen LogP contribution in [0.15, 0.2) is 47.6 Å². The standard InChI is InChI=1S/C16H14Cl2N2O2/c1-22-13-5-2-11(3-6-13)9-16(21)20-19-10-12-4-7-14(17)15(18)8-12/h2-8,10H,9H2,1H3,(H,20,21)/b19-10-. The molecule has 1 N–H and O–H groups in total. The number of halogens is 2. The van der Waals surface area contributed by atoms with Crippen LogP contribution < -0.4 is 10.2 Å². The van der Waals surface area contributed by atoms with Crippen LogP contribution in [0.5, 0.6) is 5.75 Å². The Labute approximate surface area is 138 Å². The summed E-state index contributed by atoms with van der Waals surface area (Å²) in [6.45, 7) is 0. The monoisotopic (exact) mass is 336 g/mol. The highest BCUT2D eigenvalue weighted by atomic mass is 35.5. The van der Waals surface area contributed by atoms with Gasteiger partial charge in [0.15, 0.2) is 0 Å². The van der Waals surface area contributed by atoms with Gasteiger partial charge in [0.2, 0.25) is 5.91 Å². The molecule has 0 heterocycles. The summed E-state index contributed by atoms with van der Waals surface area (Å²) < 4.78 is 5.06. The average Bonchev–Trinajstić information content (AvgIpc) is 2.51. The van der Waals surface area contributed by atoms with E-state index < -0.39 is 0 Å². The lowest BCUT2D eigenvalue weighted by Crippen LogP contribution is -2.19. The fourth-order valence-corrected chi connectivity index (χ4v) is 2.05. The van der Waals surface area contributed by atoms with Gasteiger partial charge < -0.3 is 4.74 Å². The summed E-state index contributed by atoms with van der Waals surface area (Å²) in [7, 11) is 1.60. The SMILES string of the molecule is COc1ccc(CC(=O)N/N=C\c2ccc(Cl)c(Cl)c2)cc1. The van der Waals surface area contributed by atoms with E-state index in [-0.39, 0.29) is 12.3 Å². The molecule has 0 bridgehead atoms. The van der Waals surface area contributed by atoms with E-state index in [1.807, 2.05) is 24.3 Å². The van der Waals surface area contributed by atoms with Crippen LogP contribution in [0.4, 0.5) is 0 Å². The number of hydrogen-bond donors (Lipinski definition) is 1. The Morgan fingerprint density at radius 1 is 1.18 bits per heavy atom. The molecule has 0 atom stereocenters. The van der Waals surface area contributed by atoms with Crippen molar-refractivity contribution in [1.29, 1.82) is 0 Å². The van der Waals surface area contributed by atoms with Gasteiger partial charge in [-0.1, -0.05) is 41.4 Å². The number of rotatable bonds is 5. The first-order chi connectivity index (χ1) is 10.6. The van der Waals surface area contributed by atoms with E-state index in [2.05, 4.69) is 10.5 Å². The lowest BCUT2D eigenvalue weighted by Gasteiger charge is -2.03. The van der Waals surface area contributed by atoms with Crippen LogP contribution >= 0.6 is 23.2 Å². The molecule has 2 aromatic rings. The van der Waals surface area contributed by atoms with E-state index >= 15 is 0 Å². The molecule has 6 heteroatoms. The number of ether oxygens (including phenoxy) is 1. The predicted molar refractivity (Wildman–Crippen MR) is 88.9 cm³/mol. The van der Waals surface area contributed by atoms with Crippen molar-refractivity contribution in [2.75, 3.05) is 7.11 Å². The summed E-state index contributed by atoms with van der Waals surface area (Å²) in [6.07, 6.45) is 1.75. The third-order valence-corrected chi connectivity index (χ3v) is 3.61. The first kappa shape index (κ1) is 16.3. The van der Waals surface area contributed by atoms with Crippen LogP contribution in [0.25, 0.3) is 0 Å². The summed E-state index contributed by atoms with van der Waals surface area (Å²) in [5.74, 6) is 0.545. The summed E-state index contributed by atoms with van der Waals surface area (Å²) >= 11 is 11.7. The molecule has 0 spiro atoms. The number of hydrogen-bond acceptors (Lipinski definition) is 3. The third-order valence-electron chi connectivity index (χ3n) is 2.87. The zero-order valence-electron chi connectivity index (χ0n) is 11.8. The minimum absolute atomic E-state index is 0.207. The minimum Gasteiger partial charge on any atom is -0.497 e. The van der Waals surface area contributed by atoms with Crippen molar-refractivity contribution in [2.24, 2.45) is 5.10 Å². The van der Waals surface area contributed by atoms with E-state index in [1.54, 1.807) is 25.3 Å². The Morgan fingerprint density at radius 3 is 2.55 bits per heavy atom. The molecule has 0 radical (unpaired) electrons. The summed E-state index contributed by atoms with van der Waals surface area (Å²) in [5.41, 5.74) is 4.09. The molecule has 0 fully saturated rings. The molecule has 0 aliphatic carbocycles. The van der Waals surface area contributed by atoms with E-state index in [1.165, 1.54) is 6.21 Å². The van der Waals surface area contributed by atoms with Gasteiger partial charge in [-0.2, -0.15) is 5.10 Å². The third kappa shape index (κ3) is 4.76. The fourth-order valence-electron chi connectivity index (χ4n) is 1.74. The van der Waals surface area contributed by atoms with Gasteiger partial charge in [-0.05, 0) is 35.4 Å². The number of methoxy groups -OCH3 is 1. The highest BCUT2D eigenvalue weighted by Gasteiger charge is 2.02. The molecule has 0 aromatic heterocycles. The summed E-state index contributed by atoms with van der Waals surface area (Å²) in [6, 6.07) is 12.4. The molecule has 0 unspecified atom stereocenters. The maximum absolute atomic E-state index is 11.8. The second-order valence-electron chi connectivity index (χ2n) is 4.49. The first-order valence-electron chi connectivity index (χ1n) is 6.48. The molecule has 22 heavy (non-hydrogen) atoms. The van der Waals surface area contributed by atoms with Crippen molar-refractivity contribution < 1.29 is 9.53 Å². The largest absolute Gasteiger partial charge is 0.497 e. The van der Waals surface area contributed by atoms with Crippen LogP contribution in [0, 0.1) is 0 Å². The smallest absolute Gasteiger partial charge is 0.244 e. The zero-order valence-corrected chi connectivity index (χ0v) is 13.4. The second-order valence-corrected chi connectivity index (χ2v) is 5.31. The van der Waals surface area contributed by atoms with Gasteiger partial charge in [-0.25, -0.2) is 5.43 Å². The van der Waals surface area contributed by atoms with Crippen LogP contribution in [0.2, 0.25) is 10.0 Å². The van der Waals surface area contributed by atoms with Crippen molar-refractivity contribution in [2.45, 2.75) is 6.42 Å². The minimum atomic E-state index is -0.207. The molecule has 2 rings (SSSR count). The maximum Gasteiger partial charge on any atom is 0.244 e. The van der Waals surface area contributed by atoms with Crippen LogP contribution in [0.3, 0.4) is 0 Å². The molecular weight excluding hydrogens is 323 g/mol. The lowest BCUT2D eigenvalue weighted by molar-refractivity contribution is -0.120. The van der Waals surface area contributed by atoms with Gasteiger partial charge in [0.05, 0.1) is 29.8 Å². The number of nitrogens with one attached hydrogen (secondary N) is 1. The van der Waals surface area contributed by atoms with Gasteiger partial charge >= 0.3 is 0 Å². The molecule has 0 aliphatic heterocycles. The highest BCUT2D eigenvalue weighted by molar-refractivity contribution is 6.42. The predicted octanol–water partition coefficient (Wildman–Crippen LogP) is 3.69. The number of hydrazone groups is 1. The fraction of sp³-hybridized carbons (Fsp3) is 0.125. The highest BCUT2D eigenvalue weighted by Crippen LogP contribution is 2.21. The Hall–Kier alpha value is -2.04. The quantitative estimate of drug-likeness (QED) is 0.668. The first-order valence-corrected chi connectivity index (χ1v) is 7.24. The number of nitrogens with zero attached hydrogens (tertiary/aromatic N) is 1. The lowest BCUT2D eigenvalue weighted by atomic mass is 10.1. The molecular formula is C16H14Cl2N2O2. The van der Waals surface area contributed by atoms with Gasteiger partial charge in [-0.15, -0.1) is 0 Å². The number of benzene rings is 2. The van der Waals surface area contributed by atoms with Crippen LogP contribution in [-0.2, 0) is 11.2 Å². The van der Waals surface area contributed by atoms with E-state index in [0.717, 1.165) is 16.9 Å². The number of carbonyl (C=O) groups excluding carboxylic acids is 1. The average molecular weight is 337 g/mol. The topological polar surface area (TPSA) is 50.7 Å². The van der Waals surface area contributed by atoms with Crippen molar-refractivity contribution >= 4 is 35.3 Å². The molecule has 1 amide bonds. The van der Waals surface area contributed by atoms with Gasteiger partial charge in [0, 0.05) is 0 Å². The molecule has 2 aromatic carbocycles. The van der Waals surface area contributed by atoms with Crippen molar-refractivity contribution in [1.82, 2.24) is 5.43 Å². The Bertz CT molecular complexity index is 685. The van der Waals surface area contributed by atoms with E-state index in [9.17, 15) is 4.79 Å². The van der Waals surface area contributed by atoms with Crippen LogP contribution in [0.1, 0.15) is 11.1 Å². The van der Waals surface area contributed by atoms with Crippen molar-refractivity contribution in [3.8, 4) is 5.75 Å². The van der Waals surface area contributed by atoms with Crippen LogP contribution in [-0.4, -0.2) is 19.2 Å². The van der Waals surface area contributed by atoms with Crippen molar-refractivity contribution in [3.63, 3.8) is 0 Å². The van der Waals surface area contributed by atoms with Crippen molar-refractivity contribution in [3.05, 3.63) is 63.6 Å². The van der Waals surface area contributed by atoms with Gasteiger partial charge in [0.1, 0.15) is 5.75 Å². The molecule has 0 saturated heterocycles. The molecule has 0 aliphatic rings. The molecule has 114 valence electrons. The van der Waals surface area contributed by atoms with E-state index in [0.29, 0.717) is 10.0 Å². The number of carbonyl (C=O) groups is 1. The van der Waals surface area contributed by atoms with Gasteiger partial charge in [-0.3, -0.25) is 4.79 Å². The van der Waals surface area contributed by atoms with E-state index in [4.69, 9.17) is 27.9 Å². The zero-order chi connectivity index (χ0) is 15.9. The normalized spacial score (nSPS) is 10.7.